The zero-order valence-corrected chi connectivity index (χ0v) is 13.0. The molecule has 7 heteroatoms. The molecular formula is C17H12ClF3O3. The summed E-state index contributed by atoms with van der Waals surface area (Å²) in [6, 6.07) is 5.93. The van der Waals surface area contributed by atoms with E-state index in [4.69, 9.17) is 20.8 Å². The fourth-order valence-corrected chi connectivity index (χ4v) is 2.03. The highest BCUT2D eigenvalue weighted by atomic mass is 35.5. The van der Waals surface area contributed by atoms with Crippen LogP contribution in [0.15, 0.2) is 53.5 Å². The second-order valence-corrected chi connectivity index (χ2v) is 5.05. The lowest BCUT2D eigenvalue weighted by atomic mass is 10.1. The van der Waals surface area contributed by atoms with E-state index in [9.17, 15) is 18.0 Å². The van der Waals surface area contributed by atoms with Crippen molar-refractivity contribution in [3.63, 3.8) is 0 Å². The van der Waals surface area contributed by atoms with Gasteiger partial charge in [-0.1, -0.05) is 24.3 Å². The van der Waals surface area contributed by atoms with Crippen LogP contribution in [0.25, 0.3) is 17.4 Å². The topological polar surface area (TPSA) is 39.4 Å². The standard InChI is InChI=1S/C17H12ClF3O3/c1-2-9-23-16(22)8-5-12-4-7-15(24-12)13-10-11(17(19,20)21)3-6-14(13)18/h2-8,10H,1,9H2/b8-5+. The molecule has 24 heavy (non-hydrogen) atoms. The third-order valence-corrected chi connectivity index (χ3v) is 3.24. The van der Waals surface area contributed by atoms with E-state index in [1.165, 1.54) is 24.3 Å². The Morgan fingerprint density at radius 3 is 2.71 bits per heavy atom. The van der Waals surface area contributed by atoms with Crippen molar-refractivity contribution in [2.24, 2.45) is 0 Å². The Morgan fingerprint density at radius 2 is 2.04 bits per heavy atom. The summed E-state index contributed by atoms with van der Waals surface area (Å²) in [7, 11) is 0. The second-order valence-electron chi connectivity index (χ2n) is 4.65. The minimum atomic E-state index is -4.48. The first-order valence-electron chi connectivity index (χ1n) is 6.74. The lowest BCUT2D eigenvalue weighted by Gasteiger charge is -2.09. The van der Waals surface area contributed by atoms with Crippen LogP contribution < -0.4 is 0 Å². The molecule has 0 aliphatic rings. The van der Waals surface area contributed by atoms with Crippen LogP contribution in [0.2, 0.25) is 5.02 Å². The lowest BCUT2D eigenvalue weighted by Crippen LogP contribution is -2.04. The van der Waals surface area contributed by atoms with Gasteiger partial charge < -0.3 is 9.15 Å². The molecule has 0 saturated heterocycles. The predicted octanol–water partition coefficient (Wildman–Crippen LogP) is 5.36. The van der Waals surface area contributed by atoms with Gasteiger partial charge >= 0.3 is 12.1 Å². The van der Waals surface area contributed by atoms with Crippen LogP contribution >= 0.6 is 11.6 Å². The highest BCUT2D eigenvalue weighted by Gasteiger charge is 2.31. The molecule has 0 radical (unpaired) electrons. The van der Waals surface area contributed by atoms with Gasteiger partial charge in [0, 0.05) is 11.6 Å². The van der Waals surface area contributed by atoms with Gasteiger partial charge in [-0.2, -0.15) is 13.2 Å². The molecule has 0 N–H and O–H groups in total. The summed E-state index contributed by atoms with van der Waals surface area (Å²) < 4.78 is 48.5. The molecule has 1 aromatic carbocycles. The fraction of sp³-hybridized carbons (Fsp3) is 0.118. The number of esters is 1. The Balaban J connectivity index is 2.23. The summed E-state index contributed by atoms with van der Waals surface area (Å²) in [6.45, 7) is 3.48. The zero-order chi connectivity index (χ0) is 17.7. The maximum Gasteiger partial charge on any atom is 0.416 e. The second kappa shape index (κ2) is 7.40. The first-order chi connectivity index (χ1) is 11.3. The van der Waals surface area contributed by atoms with Gasteiger partial charge in [0.2, 0.25) is 0 Å². The summed E-state index contributed by atoms with van der Waals surface area (Å²) in [4.78, 5) is 11.3. The molecule has 3 nitrogen and oxygen atoms in total. The van der Waals surface area contributed by atoms with E-state index in [-0.39, 0.29) is 28.7 Å². The summed E-state index contributed by atoms with van der Waals surface area (Å²) >= 11 is 5.95. The van der Waals surface area contributed by atoms with E-state index in [0.717, 1.165) is 24.3 Å². The van der Waals surface area contributed by atoms with Gasteiger partial charge in [-0.3, -0.25) is 0 Å². The van der Waals surface area contributed by atoms with Crippen molar-refractivity contribution < 1.29 is 27.1 Å². The third kappa shape index (κ3) is 4.52. The molecular weight excluding hydrogens is 345 g/mol. The first-order valence-corrected chi connectivity index (χ1v) is 7.11. The molecule has 2 rings (SSSR count). The smallest absolute Gasteiger partial charge is 0.416 e. The summed E-state index contributed by atoms with van der Waals surface area (Å²) in [5.41, 5.74) is -0.719. The summed E-state index contributed by atoms with van der Waals surface area (Å²) in [5, 5.41) is 0.123. The molecule has 0 aliphatic heterocycles. The van der Waals surface area contributed by atoms with Crippen LogP contribution in [0.4, 0.5) is 13.2 Å². The van der Waals surface area contributed by atoms with Gasteiger partial charge in [0.25, 0.3) is 0 Å². The normalized spacial score (nSPS) is 11.7. The van der Waals surface area contributed by atoms with Gasteiger partial charge in [0.05, 0.1) is 10.6 Å². The molecule has 0 saturated carbocycles. The Morgan fingerprint density at radius 1 is 1.29 bits per heavy atom. The molecule has 2 aromatic rings. The number of ether oxygens (including phenoxy) is 1. The van der Waals surface area contributed by atoms with E-state index >= 15 is 0 Å². The zero-order valence-electron chi connectivity index (χ0n) is 12.3. The van der Waals surface area contributed by atoms with Crippen molar-refractivity contribution in [3.05, 3.63) is 65.4 Å². The number of alkyl halides is 3. The number of furan rings is 1. The van der Waals surface area contributed by atoms with E-state index < -0.39 is 17.7 Å². The highest BCUT2D eigenvalue weighted by Crippen LogP contribution is 2.36. The number of hydrogen-bond donors (Lipinski definition) is 0. The molecule has 0 fully saturated rings. The molecule has 0 atom stereocenters. The lowest BCUT2D eigenvalue weighted by molar-refractivity contribution is -0.138. The Labute approximate surface area is 141 Å². The largest absolute Gasteiger partial charge is 0.458 e. The van der Waals surface area contributed by atoms with Crippen molar-refractivity contribution in [3.8, 4) is 11.3 Å². The average Bonchev–Trinajstić information content (AvgIpc) is 2.99. The quantitative estimate of drug-likeness (QED) is 0.411. The first kappa shape index (κ1) is 17.9. The van der Waals surface area contributed by atoms with Crippen molar-refractivity contribution in [1.29, 1.82) is 0 Å². The Kier molecular flexibility index (Phi) is 5.51. The van der Waals surface area contributed by atoms with Crippen molar-refractivity contribution >= 4 is 23.6 Å². The van der Waals surface area contributed by atoms with E-state index in [2.05, 4.69) is 6.58 Å². The van der Waals surface area contributed by atoms with Crippen molar-refractivity contribution in [2.45, 2.75) is 6.18 Å². The van der Waals surface area contributed by atoms with Crippen LogP contribution in [-0.4, -0.2) is 12.6 Å². The summed E-state index contributed by atoms with van der Waals surface area (Å²) in [6.07, 6.45) is -0.577. The number of carbonyl (C=O) groups excluding carboxylic acids is 1. The molecule has 1 heterocycles. The van der Waals surface area contributed by atoms with Gasteiger partial charge in [-0.15, -0.1) is 0 Å². The summed E-state index contributed by atoms with van der Waals surface area (Å²) in [5.74, 6) is -0.163. The Hall–Kier alpha value is -2.47. The minimum absolute atomic E-state index is 0.0758. The van der Waals surface area contributed by atoms with E-state index in [1.54, 1.807) is 0 Å². The van der Waals surface area contributed by atoms with Gasteiger partial charge in [-0.05, 0) is 36.4 Å². The monoisotopic (exact) mass is 356 g/mol. The number of benzene rings is 1. The van der Waals surface area contributed by atoms with Gasteiger partial charge in [0.15, 0.2) is 0 Å². The fourth-order valence-electron chi connectivity index (χ4n) is 1.82. The van der Waals surface area contributed by atoms with Crippen LogP contribution in [0, 0.1) is 0 Å². The number of hydrogen-bond acceptors (Lipinski definition) is 3. The maximum absolute atomic E-state index is 12.8. The maximum atomic E-state index is 12.8. The van der Waals surface area contributed by atoms with E-state index in [0.29, 0.717) is 0 Å². The van der Waals surface area contributed by atoms with Crippen molar-refractivity contribution in [1.82, 2.24) is 0 Å². The van der Waals surface area contributed by atoms with Crippen LogP contribution in [0.3, 0.4) is 0 Å². The van der Waals surface area contributed by atoms with Crippen LogP contribution in [-0.2, 0) is 15.7 Å². The Bertz CT molecular complexity index is 776. The van der Waals surface area contributed by atoms with Crippen molar-refractivity contribution in [2.75, 3.05) is 6.61 Å². The van der Waals surface area contributed by atoms with Gasteiger partial charge in [0.1, 0.15) is 18.1 Å². The SMILES string of the molecule is C=CCOC(=O)/C=C/c1ccc(-c2cc(C(F)(F)F)ccc2Cl)o1. The molecule has 0 amide bonds. The van der Waals surface area contributed by atoms with Crippen LogP contribution in [0.1, 0.15) is 11.3 Å². The average molecular weight is 357 g/mol. The molecule has 0 bridgehead atoms. The number of halogens is 4. The van der Waals surface area contributed by atoms with Gasteiger partial charge in [-0.25, -0.2) is 4.79 Å². The predicted molar refractivity (Wildman–Crippen MR) is 84.3 cm³/mol. The number of rotatable bonds is 5. The molecule has 0 unspecified atom stereocenters. The van der Waals surface area contributed by atoms with Crippen LogP contribution in [0.5, 0.6) is 0 Å². The molecule has 1 aromatic heterocycles. The third-order valence-electron chi connectivity index (χ3n) is 2.91. The molecule has 126 valence electrons. The van der Waals surface area contributed by atoms with E-state index in [1.807, 2.05) is 0 Å². The number of carbonyl (C=O) groups is 1. The minimum Gasteiger partial charge on any atom is -0.458 e. The molecule has 0 aliphatic carbocycles. The highest BCUT2D eigenvalue weighted by molar-refractivity contribution is 6.33. The molecule has 0 spiro atoms.